The molecule has 0 radical (unpaired) electrons. The largest absolute Gasteiger partial charge is 0.356 e. The van der Waals surface area contributed by atoms with E-state index in [1.807, 2.05) is 0 Å². The van der Waals surface area contributed by atoms with Crippen molar-refractivity contribution in [2.24, 2.45) is 0 Å². The van der Waals surface area contributed by atoms with Crippen molar-refractivity contribution in [3.8, 4) is 0 Å². The third kappa shape index (κ3) is 2.95. The van der Waals surface area contributed by atoms with Gasteiger partial charge in [0, 0.05) is 27.5 Å². The van der Waals surface area contributed by atoms with E-state index in [0.717, 1.165) is 4.47 Å². The van der Waals surface area contributed by atoms with E-state index in [9.17, 15) is 14.4 Å². The Balaban J connectivity index is 1.59. The lowest BCUT2D eigenvalue weighted by Gasteiger charge is -2.17. The van der Waals surface area contributed by atoms with E-state index in [2.05, 4.69) is 38.3 Å². The van der Waals surface area contributed by atoms with Crippen LogP contribution in [0, 0.1) is 0 Å². The van der Waals surface area contributed by atoms with Gasteiger partial charge in [-0.05, 0) is 28.1 Å². The van der Waals surface area contributed by atoms with Crippen molar-refractivity contribution >= 4 is 39.3 Å². The van der Waals surface area contributed by atoms with Crippen molar-refractivity contribution in [3.63, 3.8) is 0 Å². The Bertz CT molecular complexity index is 824. The summed E-state index contributed by atoms with van der Waals surface area (Å²) in [7, 11) is 0. The molecule has 24 heavy (non-hydrogen) atoms. The number of carbonyl (C=O) groups excluding carboxylic acids is 3. The van der Waals surface area contributed by atoms with Gasteiger partial charge in [0.05, 0.1) is 0 Å². The van der Waals surface area contributed by atoms with Crippen molar-refractivity contribution in [1.82, 2.24) is 20.7 Å². The molecule has 0 atom stereocenters. The number of aromatic amines is 1. The smallest absolute Gasteiger partial charge is 0.286 e. The number of H-pyrrole nitrogens is 1. The van der Waals surface area contributed by atoms with Crippen LogP contribution in [0.25, 0.3) is 5.70 Å². The summed E-state index contributed by atoms with van der Waals surface area (Å²) in [5, 5.41) is 0. The number of nitrogens with one attached hydrogen (secondary N) is 3. The molecule has 3 N–H and O–H groups in total. The van der Waals surface area contributed by atoms with E-state index in [1.54, 1.807) is 36.5 Å². The van der Waals surface area contributed by atoms with Crippen LogP contribution in [0.1, 0.15) is 26.4 Å². The fourth-order valence-corrected chi connectivity index (χ4v) is 2.72. The molecule has 3 amide bonds. The number of aromatic nitrogens is 1. The van der Waals surface area contributed by atoms with Gasteiger partial charge in [-0.15, -0.1) is 0 Å². The van der Waals surface area contributed by atoms with E-state index in [1.165, 1.54) is 4.90 Å². The zero-order valence-corrected chi connectivity index (χ0v) is 14.0. The molecule has 0 unspecified atom stereocenters. The Hall–Kier alpha value is -2.87. The molecule has 0 bridgehead atoms. The molecule has 1 aromatic carbocycles. The molecule has 0 spiro atoms. The van der Waals surface area contributed by atoms with Crippen molar-refractivity contribution in [2.75, 3.05) is 6.54 Å². The number of hydrazine groups is 1. The lowest BCUT2D eigenvalue weighted by Crippen LogP contribution is -2.46. The first-order valence-corrected chi connectivity index (χ1v) is 7.80. The molecule has 2 heterocycles. The maximum Gasteiger partial charge on any atom is 0.286 e. The van der Waals surface area contributed by atoms with Crippen LogP contribution >= 0.6 is 15.9 Å². The second-order valence-corrected chi connectivity index (χ2v) is 6.03. The van der Waals surface area contributed by atoms with Crippen molar-refractivity contribution < 1.29 is 14.4 Å². The minimum Gasteiger partial charge on any atom is -0.356 e. The Morgan fingerprint density at radius 3 is 2.54 bits per heavy atom. The van der Waals surface area contributed by atoms with Crippen LogP contribution in [-0.2, 0) is 4.79 Å². The summed E-state index contributed by atoms with van der Waals surface area (Å²) >= 11 is 3.21. The number of rotatable bonds is 3. The van der Waals surface area contributed by atoms with Crippen LogP contribution < -0.4 is 10.9 Å². The summed E-state index contributed by atoms with van der Waals surface area (Å²) < 4.78 is 0.718. The monoisotopic (exact) mass is 388 g/mol. The highest BCUT2D eigenvalue weighted by molar-refractivity contribution is 9.10. The molecule has 0 saturated heterocycles. The molecule has 3 rings (SSSR count). The fourth-order valence-electron chi connectivity index (χ4n) is 2.38. The normalized spacial score (nSPS) is 13.0. The van der Waals surface area contributed by atoms with Gasteiger partial charge in [0.25, 0.3) is 17.7 Å². The maximum atomic E-state index is 12.3. The van der Waals surface area contributed by atoms with E-state index >= 15 is 0 Å². The molecular formula is C16H13BrN4O3. The summed E-state index contributed by atoms with van der Waals surface area (Å²) in [4.78, 5) is 40.1. The number of amides is 3. The minimum absolute atomic E-state index is 0.235. The molecule has 1 aliphatic rings. The van der Waals surface area contributed by atoms with Crippen LogP contribution in [0.4, 0.5) is 0 Å². The summed E-state index contributed by atoms with van der Waals surface area (Å²) in [5.41, 5.74) is 6.52. The second kappa shape index (κ2) is 6.32. The molecule has 0 saturated carbocycles. The van der Waals surface area contributed by atoms with Crippen LogP contribution in [-0.4, -0.2) is 34.2 Å². The molecular weight excluding hydrogens is 376 g/mol. The van der Waals surface area contributed by atoms with Crippen LogP contribution in [0.3, 0.4) is 0 Å². The van der Waals surface area contributed by atoms with Crippen molar-refractivity contribution in [1.29, 1.82) is 0 Å². The highest BCUT2D eigenvalue weighted by Crippen LogP contribution is 2.30. The zero-order chi connectivity index (χ0) is 17.3. The van der Waals surface area contributed by atoms with Crippen molar-refractivity contribution in [3.05, 3.63) is 64.4 Å². The molecule has 1 aliphatic heterocycles. The number of hydrogen-bond donors (Lipinski definition) is 3. The Labute approximate surface area is 145 Å². The van der Waals surface area contributed by atoms with Gasteiger partial charge >= 0.3 is 0 Å². The van der Waals surface area contributed by atoms with Crippen LogP contribution in [0.2, 0.25) is 0 Å². The van der Waals surface area contributed by atoms with Gasteiger partial charge in [-0.2, -0.15) is 0 Å². The summed E-state index contributed by atoms with van der Waals surface area (Å²) in [6.45, 7) is 3.62. The first-order chi connectivity index (χ1) is 11.5. The lowest BCUT2D eigenvalue weighted by atomic mass is 10.1. The fraction of sp³-hybridized carbons (Fsp3) is 0.0625. The number of benzene rings is 1. The van der Waals surface area contributed by atoms with Gasteiger partial charge < -0.3 is 4.98 Å². The molecule has 0 fully saturated rings. The molecule has 7 nitrogen and oxygen atoms in total. The van der Waals surface area contributed by atoms with E-state index in [-0.39, 0.29) is 18.1 Å². The minimum atomic E-state index is -0.531. The number of hydrogen-bond acceptors (Lipinski definition) is 3. The van der Waals surface area contributed by atoms with E-state index < -0.39 is 11.8 Å². The van der Waals surface area contributed by atoms with E-state index in [4.69, 9.17) is 0 Å². The highest BCUT2D eigenvalue weighted by Gasteiger charge is 2.31. The first kappa shape index (κ1) is 16.0. The number of halogens is 1. The van der Waals surface area contributed by atoms with Crippen molar-refractivity contribution in [2.45, 2.75) is 0 Å². The Kier molecular flexibility index (Phi) is 4.22. The van der Waals surface area contributed by atoms with Gasteiger partial charge in [-0.3, -0.25) is 30.1 Å². The number of nitrogens with zero attached hydrogens (tertiary/aromatic N) is 1. The third-order valence-corrected chi connectivity index (χ3v) is 4.01. The Morgan fingerprint density at radius 1 is 1.21 bits per heavy atom. The van der Waals surface area contributed by atoms with Crippen LogP contribution in [0.5, 0.6) is 0 Å². The number of fused-ring (bicyclic) bond motifs is 1. The highest BCUT2D eigenvalue weighted by atomic mass is 79.9. The predicted octanol–water partition coefficient (Wildman–Crippen LogP) is 1.66. The molecule has 122 valence electrons. The van der Waals surface area contributed by atoms with Gasteiger partial charge in [0.2, 0.25) is 0 Å². The predicted molar refractivity (Wildman–Crippen MR) is 90.6 cm³/mol. The topological polar surface area (TPSA) is 94.3 Å². The standard InChI is InChI=1S/C16H13BrN4O3/c1-9-11-4-2-3-5-12(11)16(24)21(9)8-14(22)19-20-15(23)13-6-10(17)7-18-13/h2-7,18H,1,8H2,(H,19,22)(H,20,23). The number of carbonyl (C=O) groups is 3. The maximum absolute atomic E-state index is 12.3. The van der Waals surface area contributed by atoms with Gasteiger partial charge in [0.1, 0.15) is 12.2 Å². The second-order valence-electron chi connectivity index (χ2n) is 5.12. The van der Waals surface area contributed by atoms with Gasteiger partial charge in [0.15, 0.2) is 0 Å². The molecule has 8 heteroatoms. The van der Waals surface area contributed by atoms with E-state index in [0.29, 0.717) is 16.8 Å². The molecule has 2 aromatic rings. The third-order valence-electron chi connectivity index (χ3n) is 3.55. The average Bonchev–Trinajstić information content (AvgIpc) is 3.11. The zero-order valence-electron chi connectivity index (χ0n) is 12.4. The summed E-state index contributed by atoms with van der Waals surface area (Å²) in [5.74, 6) is -1.31. The summed E-state index contributed by atoms with van der Waals surface area (Å²) in [6.07, 6.45) is 1.60. The first-order valence-electron chi connectivity index (χ1n) is 7.00. The summed E-state index contributed by atoms with van der Waals surface area (Å²) in [6, 6.07) is 8.59. The molecule has 0 aliphatic carbocycles. The molecule has 1 aromatic heterocycles. The van der Waals surface area contributed by atoms with Gasteiger partial charge in [-0.1, -0.05) is 24.8 Å². The quantitative estimate of drug-likeness (QED) is 0.697. The lowest BCUT2D eigenvalue weighted by molar-refractivity contribution is -0.122. The van der Waals surface area contributed by atoms with Gasteiger partial charge in [-0.25, -0.2) is 0 Å². The SMILES string of the molecule is C=C1c2ccccc2C(=O)N1CC(=O)NNC(=O)c1cc(Br)c[nH]1. The Morgan fingerprint density at radius 2 is 1.92 bits per heavy atom. The average molecular weight is 389 g/mol. The van der Waals surface area contributed by atoms with Crippen LogP contribution in [0.15, 0.2) is 47.6 Å².